The second kappa shape index (κ2) is 16.9. The molecule has 3 amide bonds. The maximum Gasteiger partial charge on any atom is 0.319 e. The van der Waals surface area contributed by atoms with E-state index < -0.39 is 0 Å². The number of ether oxygens (including phenoxy) is 2. The lowest BCUT2D eigenvalue weighted by Gasteiger charge is -2.29. The summed E-state index contributed by atoms with van der Waals surface area (Å²) in [5.74, 6) is 1.05. The van der Waals surface area contributed by atoms with Crippen LogP contribution in [-0.4, -0.2) is 58.9 Å². The molecule has 0 saturated carbocycles. The van der Waals surface area contributed by atoms with Gasteiger partial charge in [0.2, 0.25) is 0 Å². The van der Waals surface area contributed by atoms with Gasteiger partial charge in [-0.05, 0) is 110 Å². The number of hydrogen-bond donors (Lipinski definition) is 4. The van der Waals surface area contributed by atoms with Crippen LogP contribution in [0.15, 0.2) is 91.1 Å². The maximum absolute atomic E-state index is 13.3. The molecule has 10 heteroatoms. The number of nitrogens with one attached hydrogen (secondary N) is 3. The summed E-state index contributed by atoms with van der Waals surface area (Å²) < 4.78 is 13.9. The first-order valence-corrected chi connectivity index (χ1v) is 18.1. The number of aromatic nitrogens is 1. The molecule has 0 aliphatic carbocycles. The Hall–Kier alpha value is -5.16. The first-order valence-electron chi connectivity index (χ1n) is 18.1. The first-order chi connectivity index (χ1) is 25.2. The van der Waals surface area contributed by atoms with E-state index in [4.69, 9.17) is 9.47 Å². The van der Waals surface area contributed by atoms with Gasteiger partial charge >= 0.3 is 6.03 Å². The highest BCUT2D eigenvalue weighted by atomic mass is 16.5. The number of anilines is 2. The van der Waals surface area contributed by atoms with Gasteiger partial charge in [0.15, 0.2) is 0 Å². The Bertz CT molecular complexity index is 1990. The maximum atomic E-state index is 13.3. The summed E-state index contributed by atoms with van der Waals surface area (Å²) in [5, 5.41) is 20.0. The van der Waals surface area contributed by atoms with Crippen molar-refractivity contribution in [1.82, 2.24) is 14.8 Å². The van der Waals surface area contributed by atoms with E-state index >= 15 is 0 Å². The van der Waals surface area contributed by atoms with Crippen molar-refractivity contribution in [3.63, 3.8) is 0 Å². The number of carbonyl (C=O) groups excluding carboxylic acids is 2. The van der Waals surface area contributed by atoms with Crippen LogP contribution in [0.25, 0.3) is 16.6 Å². The molecule has 1 fully saturated rings. The second-order valence-electron chi connectivity index (χ2n) is 13.5. The normalized spacial score (nSPS) is 13.7. The number of fused-ring (bicyclic) bond motifs is 1. The number of rotatable bonds is 13. The standard InChI is InChI=1S/C42H49N5O5/c1-5-32(6-2)44-42(50)45-34-14-18-40(30(24-34)27-51-4)52-39-17-13-33(23-28(39)3)43-41(49)29-11-15-35(16-12-29)47-26-31(37-9-7-8-10-38(37)47)25-46-21-19-36(48)20-22-46/h7-18,23-24,26,32,36,48H,5-6,19-22,25,27H2,1-4H3,(H,43,49)(H2,44,45,50). The van der Waals surface area contributed by atoms with Gasteiger partial charge in [0.25, 0.3) is 5.91 Å². The molecule has 1 saturated heterocycles. The van der Waals surface area contributed by atoms with E-state index in [0.29, 0.717) is 35.0 Å². The highest BCUT2D eigenvalue weighted by Crippen LogP contribution is 2.32. The van der Waals surface area contributed by atoms with Gasteiger partial charge in [0.1, 0.15) is 11.5 Å². The minimum atomic E-state index is -0.245. The van der Waals surface area contributed by atoms with Gasteiger partial charge < -0.3 is 35.1 Å². The van der Waals surface area contributed by atoms with E-state index in [1.807, 2.05) is 81.4 Å². The van der Waals surface area contributed by atoms with Crippen LogP contribution >= 0.6 is 0 Å². The van der Waals surface area contributed by atoms with E-state index in [9.17, 15) is 14.7 Å². The third-order valence-electron chi connectivity index (χ3n) is 9.74. The van der Waals surface area contributed by atoms with Gasteiger partial charge in [-0.25, -0.2) is 4.79 Å². The van der Waals surface area contributed by atoms with Crippen LogP contribution in [-0.2, 0) is 17.9 Å². The number of aryl methyl sites for hydroxylation is 1. The van der Waals surface area contributed by atoms with Crippen molar-refractivity contribution >= 4 is 34.2 Å². The third-order valence-corrected chi connectivity index (χ3v) is 9.74. The molecule has 0 bridgehead atoms. The number of hydrogen-bond acceptors (Lipinski definition) is 6. The fourth-order valence-corrected chi connectivity index (χ4v) is 6.72. The fraction of sp³-hybridized carbons (Fsp3) is 0.333. The van der Waals surface area contributed by atoms with Gasteiger partial charge in [-0.3, -0.25) is 9.69 Å². The van der Waals surface area contributed by atoms with Crippen molar-refractivity contribution in [2.24, 2.45) is 0 Å². The van der Waals surface area contributed by atoms with Crippen LogP contribution in [0.3, 0.4) is 0 Å². The lowest BCUT2D eigenvalue weighted by atomic mass is 10.1. The number of aliphatic hydroxyl groups is 1. The molecule has 4 aromatic carbocycles. The summed E-state index contributed by atoms with van der Waals surface area (Å²) in [5.41, 5.74) is 6.83. The van der Waals surface area contributed by atoms with E-state index in [-0.39, 0.29) is 24.1 Å². The zero-order valence-electron chi connectivity index (χ0n) is 30.4. The number of aliphatic hydroxyl groups excluding tert-OH is 1. The Morgan fingerprint density at radius 2 is 1.56 bits per heavy atom. The summed E-state index contributed by atoms with van der Waals surface area (Å²) in [6, 6.07) is 26.9. The minimum absolute atomic E-state index is 0.121. The molecule has 1 aromatic heterocycles. The summed E-state index contributed by atoms with van der Waals surface area (Å²) in [7, 11) is 1.61. The molecule has 272 valence electrons. The van der Waals surface area contributed by atoms with Gasteiger partial charge in [-0.1, -0.05) is 32.0 Å². The average Bonchev–Trinajstić information content (AvgIpc) is 3.51. The molecule has 52 heavy (non-hydrogen) atoms. The van der Waals surface area contributed by atoms with Gasteiger partial charge in [0, 0.05) is 72.6 Å². The Morgan fingerprint density at radius 3 is 2.25 bits per heavy atom. The lowest BCUT2D eigenvalue weighted by molar-refractivity contribution is 0.0794. The van der Waals surface area contributed by atoms with Crippen LogP contribution in [0.2, 0.25) is 0 Å². The molecule has 0 spiro atoms. The molecule has 5 aromatic rings. The zero-order chi connectivity index (χ0) is 36.6. The molecule has 1 aliphatic heterocycles. The minimum Gasteiger partial charge on any atom is -0.457 e. The largest absolute Gasteiger partial charge is 0.457 e. The predicted molar refractivity (Wildman–Crippen MR) is 207 cm³/mol. The van der Waals surface area contributed by atoms with Gasteiger partial charge in [0.05, 0.1) is 18.2 Å². The van der Waals surface area contributed by atoms with Crippen molar-refractivity contribution in [2.75, 3.05) is 30.8 Å². The molecule has 0 atom stereocenters. The van der Waals surface area contributed by atoms with E-state index in [2.05, 4.69) is 49.8 Å². The summed E-state index contributed by atoms with van der Waals surface area (Å²) in [6.07, 6.45) is 5.34. The lowest BCUT2D eigenvalue weighted by Crippen LogP contribution is -2.37. The number of likely N-dealkylation sites (tertiary alicyclic amines) is 1. The summed E-state index contributed by atoms with van der Waals surface area (Å²) >= 11 is 0. The highest BCUT2D eigenvalue weighted by molar-refractivity contribution is 6.04. The van der Waals surface area contributed by atoms with Crippen LogP contribution in [0.4, 0.5) is 16.2 Å². The number of amides is 3. The Labute approximate surface area is 305 Å². The number of methoxy groups -OCH3 is 1. The zero-order valence-corrected chi connectivity index (χ0v) is 30.4. The van der Waals surface area contributed by atoms with Crippen LogP contribution in [0.5, 0.6) is 11.5 Å². The average molecular weight is 704 g/mol. The number of urea groups is 1. The molecule has 2 heterocycles. The monoisotopic (exact) mass is 703 g/mol. The summed E-state index contributed by atoms with van der Waals surface area (Å²) in [4.78, 5) is 28.2. The first kappa shape index (κ1) is 36.6. The Morgan fingerprint density at radius 1 is 0.865 bits per heavy atom. The number of carbonyl (C=O) groups is 2. The highest BCUT2D eigenvalue weighted by Gasteiger charge is 2.20. The quantitative estimate of drug-likeness (QED) is 0.0979. The molecular formula is C42H49N5O5. The van der Waals surface area contributed by atoms with Crippen LogP contribution in [0, 0.1) is 6.92 Å². The Kier molecular flexibility index (Phi) is 11.9. The molecule has 10 nitrogen and oxygen atoms in total. The molecule has 4 N–H and O–H groups in total. The SMILES string of the molecule is CCC(CC)NC(=O)Nc1ccc(Oc2ccc(NC(=O)c3ccc(-n4cc(CN5CCC(O)CC5)c5ccccc54)cc3)cc2C)c(COC)c1. The number of nitrogens with zero attached hydrogens (tertiary/aromatic N) is 2. The van der Waals surface area contributed by atoms with Crippen LogP contribution < -0.4 is 20.7 Å². The van der Waals surface area contributed by atoms with Crippen molar-refractivity contribution in [2.45, 2.75) is 71.8 Å². The van der Waals surface area contributed by atoms with Crippen molar-refractivity contribution in [3.05, 3.63) is 113 Å². The summed E-state index contributed by atoms with van der Waals surface area (Å²) in [6.45, 7) is 8.94. The Balaban J connectivity index is 1.11. The number of benzene rings is 4. The van der Waals surface area contributed by atoms with Crippen molar-refractivity contribution in [3.8, 4) is 17.2 Å². The van der Waals surface area contributed by atoms with Gasteiger partial charge in [-0.2, -0.15) is 0 Å². The van der Waals surface area contributed by atoms with Crippen LogP contribution in [0.1, 0.15) is 66.6 Å². The van der Waals surface area contributed by atoms with E-state index in [1.165, 1.54) is 10.9 Å². The molecule has 1 aliphatic rings. The molecule has 0 unspecified atom stereocenters. The fourth-order valence-electron chi connectivity index (χ4n) is 6.72. The molecule has 0 radical (unpaired) electrons. The van der Waals surface area contributed by atoms with Crippen molar-refractivity contribution < 1.29 is 24.2 Å². The number of para-hydroxylation sites is 1. The predicted octanol–water partition coefficient (Wildman–Crippen LogP) is 8.40. The van der Waals surface area contributed by atoms with E-state index in [1.54, 1.807) is 13.2 Å². The van der Waals surface area contributed by atoms with E-state index in [0.717, 1.165) is 67.6 Å². The second-order valence-corrected chi connectivity index (χ2v) is 13.5. The molecular weight excluding hydrogens is 654 g/mol. The molecule has 6 rings (SSSR count). The smallest absolute Gasteiger partial charge is 0.319 e. The van der Waals surface area contributed by atoms with Crippen molar-refractivity contribution in [1.29, 1.82) is 0 Å². The van der Waals surface area contributed by atoms with Gasteiger partial charge in [-0.15, -0.1) is 0 Å². The topological polar surface area (TPSA) is 117 Å². The third kappa shape index (κ3) is 8.82. The number of piperidine rings is 1.